The average Bonchev–Trinajstić information content (AvgIpc) is 2.28. The van der Waals surface area contributed by atoms with E-state index < -0.39 is 0 Å². The van der Waals surface area contributed by atoms with Crippen LogP contribution in [0.25, 0.3) is 0 Å². The summed E-state index contributed by atoms with van der Waals surface area (Å²) >= 11 is 3.78. The van der Waals surface area contributed by atoms with Crippen LogP contribution in [0.4, 0.5) is 5.69 Å². The van der Waals surface area contributed by atoms with Crippen LogP contribution in [0.2, 0.25) is 0 Å². The normalized spacial score (nSPS) is 19.7. The second kappa shape index (κ2) is 5.34. The van der Waals surface area contributed by atoms with Crippen molar-refractivity contribution in [2.24, 2.45) is 5.73 Å². The van der Waals surface area contributed by atoms with Gasteiger partial charge in [-0.3, -0.25) is 0 Å². The first-order valence-corrected chi connectivity index (χ1v) is 7.64. The van der Waals surface area contributed by atoms with Crippen LogP contribution in [0.1, 0.15) is 6.92 Å². The van der Waals surface area contributed by atoms with Crippen molar-refractivity contribution in [2.75, 3.05) is 30.8 Å². The van der Waals surface area contributed by atoms with Crippen LogP contribution in [-0.2, 0) is 0 Å². The lowest BCUT2D eigenvalue weighted by atomic mass is 10.2. The molecule has 4 heteroatoms. The molecule has 0 bridgehead atoms. The summed E-state index contributed by atoms with van der Waals surface area (Å²) in [4.78, 5) is 5.15. The van der Waals surface area contributed by atoms with Gasteiger partial charge in [-0.15, -0.1) is 23.5 Å². The zero-order valence-corrected chi connectivity index (χ0v) is 11.4. The molecule has 1 aliphatic heterocycles. The Labute approximate surface area is 106 Å². The van der Waals surface area contributed by atoms with Gasteiger partial charge in [-0.25, -0.2) is 0 Å². The first kappa shape index (κ1) is 12.1. The molecule has 0 radical (unpaired) electrons. The number of anilines is 1. The minimum atomic E-state index is 0.649. The molecule has 0 fully saturated rings. The second-order valence-corrected chi connectivity index (χ2v) is 6.36. The fourth-order valence-corrected chi connectivity index (χ4v) is 3.72. The van der Waals surface area contributed by atoms with Gasteiger partial charge in [0.1, 0.15) is 0 Å². The molecule has 1 heterocycles. The minimum absolute atomic E-state index is 0.649. The molecule has 2 nitrogen and oxygen atoms in total. The maximum Gasteiger partial charge on any atom is 0.0506 e. The van der Waals surface area contributed by atoms with E-state index in [1.807, 2.05) is 11.8 Å². The molecular formula is C12H18N2S2. The van der Waals surface area contributed by atoms with Gasteiger partial charge in [0.05, 0.1) is 5.69 Å². The molecule has 1 unspecified atom stereocenters. The highest BCUT2D eigenvalue weighted by molar-refractivity contribution is 8.00. The molecule has 1 aromatic carbocycles. The summed E-state index contributed by atoms with van der Waals surface area (Å²) in [7, 11) is 0. The van der Waals surface area contributed by atoms with E-state index >= 15 is 0 Å². The van der Waals surface area contributed by atoms with E-state index in [2.05, 4.69) is 36.3 Å². The molecule has 0 saturated heterocycles. The fourth-order valence-electron chi connectivity index (χ4n) is 2.01. The third-order valence-corrected chi connectivity index (χ3v) is 4.57. The molecule has 16 heavy (non-hydrogen) atoms. The molecule has 88 valence electrons. The Morgan fingerprint density at radius 2 is 2.38 bits per heavy atom. The highest BCUT2D eigenvalue weighted by Crippen LogP contribution is 2.39. The van der Waals surface area contributed by atoms with Gasteiger partial charge in [-0.2, -0.15) is 0 Å². The summed E-state index contributed by atoms with van der Waals surface area (Å²) in [5, 5.41) is 0.649. The fraction of sp³-hybridized carbons (Fsp3) is 0.500. The minimum Gasteiger partial charge on any atom is -0.368 e. The molecule has 1 aliphatic rings. The summed E-state index contributed by atoms with van der Waals surface area (Å²) in [6.07, 6.45) is 2.12. The molecule has 1 atom stereocenters. The van der Waals surface area contributed by atoms with Crippen molar-refractivity contribution in [2.45, 2.75) is 22.0 Å². The van der Waals surface area contributed by atoms with Crippen molar-refractivity contribution >= 4 is 29.2 Å². The summed E-state index contributed by atoms with van der Waals surface area (Å²) in [6, 6.07) is 6.73. The van der Waals surface area contributed by atoms with Gasteiger partial charge in [-0.1, -0.05) is 6.92 Å². The number of fused-ring (bicyclic) bond motifs is 1. The number of thioether (sulfide) groups is 2. The molecule has 1 aromatic rings. The Morgan fingerprint density at radius 1 is 1.56 bits per heavy atom. The summed E-state index contributed by atoms with van der Waals surface area (Å²) in [6.45, 7) is 5.06. The van der Waals surface area contributed by atoms with Crippen LogP contribution in [0.3, 0.4) is 0 Å². The van der Waals surface area contributed by atoms with E-state index in [4.69, 9.17) is 5.73 Å². The SMILES string of the molecule is CSc1ccc2c(c1)SC(C)CN2CCN. The molecule has 0 amide bonds. The Morgan fingerprint density at radius 3 is 3.06 bits per heavy atom. The van der Waals surface area contributed by atoms with E-state index in [9.17, 15) is 0 Å². The molecule has 2 N–H and O–H groups in total. The molecule has 0 aromatic heterocycles. The maximum absolute atomic E-state index is 5.67. The number of nitrogens with two attached hydrogens (primary N) is 1. The van der Waals surface area contributed by atoms with E-state index in [1.165, 1.54) is 15.5 Å². The monoisotopic (exact) mass is 254 g/mol. The van der Waals surface area contributed by atoms with Gasteiger partial charge in [0.25, 0.3) is 0 Å². The summed E-state index contributed by atoms with van der Waals surface area (Å²) in [5.74, 6) is 0. The molecule has 0 aliphatic carbocycles. The topological polar surface area (TPSA) is 29.3 Å². The predicted molar refractivity (Wildman–Crippen MR) is 74.8 cm³/mol. The van der Waals surface area contributed by atoms with Crippen molar-refractivity contribution in [3.63, 3.8) is 0 Å². The van der Waals surface area contributed by atoms with E-state index in [1.54, 1.807) is 11.8 Å². The van der Waals surface area contributed by atoms with Crippen molar-refractivity contribution in [1.82, 2.24) is 0 Å². The van der Waals surface area contributed by atoms with Crippen molar-refractivity contribution < 1.29 is 0 Å². The zero-order valence-electron chi connectivity index (χ0n) is 9.77. The highest BCUT2D eigenvalue weighted by atomic mass is 32.2. The lowest BCUT2D eigenvalue weighted by molar-refractivity contribution is 0.752. The molecular weight excluding hydrogens is 236 g/mol. The van der Waals surface area contributed by atoms with E-state index in [0.29, 0.717) is 5.25 Å². The molecule has 0 spiro atoms. The Hall–Kier alpha value is -0.320. The van der Waals surface area contributed by atoms with Gasteiger partial charge < -0.3 is 10.6 Å². The van der Waals surface area contributed by atoms with Crippen molar-refractivity contribution in [3.8, 4) is 0 Å². The van der Waals surface area contributed by atoms with Crippen LogP contribution >= 0.6 is 23.5 Å². The van der Waals surface area contributed by atoms with Crippen molar-refractivity contribution in [1.29, 1.82) is 0 Å². The Bertz CT molecular complexity index is 368. The van der Waals surface area contributed by atoms with Crippen LogP contribution in [0.15, 0.2) is 28.0 Å². The molecule has 0 saturated carbocycles. The van der Waals surface area contributed by atoms with E-state index in [-0.39, 0.29) is 0 Å². The van der Waals surface area contributed by atoms with Gasteiger partial charge >= 0.3 is 0 Å². The third-order valence-electron chi connectivity index (χ3n) is 2.71. The number of nitrogens with zero attached hydrogens (tertiary/aromatic N) is 1. The summed E-state index contributed by atoms with van der Waals surface area (Å²) < 4.78 is 0. The average molecular weight is 254 g/mol. The second-order valence-electron chi connectivity index (χ2n) is 4.00. The van der Waals surface area contributed by atoms with Gasteiger partial charge in [-0.05, 0) is 24.5 Å². The predicted octanol–water partition coefficient (Wildman–Crippen LogP) is 2.67. The van der Waals surface area contributed by atoms with Crippen molar-refractivity contribution in [3.05, 3.63) is 18.2 Å². The third kappa shape index (κ3) is 2.50. The maximum atomic E-state index is 5.67. The van der Waals surface area contributed by atoms with Crippen LogP contribution in [0.5, 0.6) is 0 Å². The summed E-state index contributed by atoms with van der Waals surface area (Å²) in [5.41, 5.74) is 7.02. The number of hydrogen-bond donors (Lipinski definition) is 1. The largest absolute Gasteiger partial charge is 0.368 e. The standard InChI is InChI=1S/C12H18N2S2/c1-9-8-14(6-5-13)11-4-3-10(15-2)7-12(11)16-9/h3-4,7,9H,5-6,8,13H2,1-2H3. The van der Waals surface area contributed by atoms with Gasteiger partial charge in [0.15, 0.2) is 0 Å². The number of hydrogen-bond acceptors (Lipinski definition) is 4. The highest BCUT2D eigenvalue weighted by Gasteiger charge is 2.21. The Kier molecular flexibility index (Phi) is 4.05. The van der Waals surface area contributed by atoms with Gasteiger partial charge in [0.2, 0.25) is 0 Å². The zero-order chi connectivity index (χ0) is 11.5. The van der Waals surface area contributed by atoms with E-state index in [0.717, 1.165) is 19.6 Å². The number of rotatable bonds is 3. The first-order chi connectivity index (χ1) is 7.74. The lowest BCUT2D eigenvalue weighted by Gasteiger charge is -2.34. The van der Waals surface area contributed by atoms with Crippen LogP contribution < -0.4 is 10.6 Å². The van der Waals surface area contributed by atoms with Gasteiger partial charge in [0, 0.05) is 34.7 Å². The first-order valence-electron chi connectivity index (χ1n) is 5.54. The van der Waals surface area contributed by atoms with Crippen LogP contribution in [-0.4, -0.2) is 31.1 Å². The lowest BCUT2D eigenvalue weighted by Crippen LogP contribution is -2.36. The number of benzene rings is 1. The quantitative estimate of drug-likeness (QED) is 0.840. The van der Waals surface area contributed by atoms with Crippen LogP contribution in [0, 0.1) is 0 Å². The Balaban J connectivity index is 2.31. The molecule has 2 rings (SSSR count). The smallest absolute Gasteiger partial charge is 0.0506 e.